The van der Waals surface area contributed by atoms with Crippen LogP contribution in [0.15, 0.2) is 18.2 Å². The van der Waals surface area contributed by atoms with E-state index in [0.717, 1.165) is 50.3 Å². The molecular formula is C15H21FN2O3. The van der Waals surface area contributed by atoms with E-state index in [1.54, 1.807) is 0 Å². The van der Waals surface area contributed by atoms with Crippen molar-refractivity contribution in [3.63, 3.8) is 0 Å². The van der Waals surface area contributed by atoms with Crippen molar-refractivity contribution in [1.82, 2.24) is 5.32 Å². The van der Waals surface area contributed by atoms with Gasteiger partial charge in [0.05, 0.1) is 4.92 Å². The van der Waals surface area contributed by atoms with Crippen LogP contribution in [0.1, 0.15) is 56.3 Å². The van der Waals surface area contributed by atoms with Gasteiger partial charge in [-0.2, -0.15) is 0 Å². The lowest BCUT2D eigenvalue weighted by molar-refractivity contribution is -0.385. The predicted octanol–water partition coefficient (Wildman–Crippen LogP) is 3.82. The van der Waals surface area contributed by atoms with Gasteiger partial charge in [-0.05, 0) is 25.5 Å². The number of hydrogen-bond acceptors (Lipinski definition) is 3. The molecule has 0 radical (unpaired) electrons. The van der Waals surface area contributed by atoms with Crippen molar-refractivity contribution < 1.29 is 14.1 Å². The number of nitro benzene ring substituents is 1. The first-order valence-corrected chi connectivity index (χ1v) is 7.20. The highest BCUT2D eigenvalue weighted by Crippen LogP contribution is 2.19. The molecule has 0 bridgehead atoms. The first-order valence-electron chi connectivity index (χ1n) is 7.20. The molecule has 5 nitrogen and oxygen atoms in total. The standard InChI is InChI=1S/C15H21FN2O3/c1-3-4-5-6-7-11(2)17-15(19)13-10-12(16)8-9-14(13)18(20)21/h8-11H,3-7H2,1-2H3,(H,17,19). The molecule has 1 aromatic rings. The maximum absolute atomic E-state index is 13.2. The molecule has 0 fully saturated rings. The van der Waals surface area contributed by atoms with E-state index < -0.39 is 16.6 Å². The minimum atomic E-state index is -0.680. The van der Waals surface area contributed by atoms with Crippen LogP contribution in [0.2, 0.25) is 0 Å². The van der Waals surface area contributed by atoms with E-state index in [1.165, 1.54) is 0 Å². The van der Waals surface area contributed by atoms with E-state index in [2.05, 4.69) is 12.2 Å². The van der Waals surface area contributed by atoms with E-state index in [0.29, 0.717) is 0 Å². The second kappa shape index (κ2) is 8.34. The lowest BCUT2D eigenvalue weighted by Gasteiger charge is -2.13. The van der Waals surface area contributed by atoms with Crippen LogP contribution >= 0.6 is 0 Å². The first kappa shape index (κ1) is 17.1. The fourth-order valence-corrected chi connectivity index (χ4v) is 2.10. The number of amides is 1. The molecule has 1 N–H and O–H groups in total. The average molecular weight is 296 g/mol. The minimum Gasteiger partial charge on any atom is -0.349 e. The molecule has 0 saturated heterocycles. The van der Waals surface area contributed by atoms with E-state index in [4.69, 9.17) is 0 Å². The quantitative estimate of drug-likeness (QED) is 0.450. The maximum Gasteiger partial charge on any atom is 0.282 e. The molecule has 1 unspecified atom stereocenters. The molecule has 0 aliphatic rings. The Kier molecular flexibility index (Phi) is 6.78. The van der Waals surface area contributed by atoms with Crippen molar-refractivity contribution in [3.05, 3.63) is 39.7 Å². The van der Waals surface area contributed by atoms with Gasteiger partial charge in [0.15, 0.2) is 0 Å². The van der Waals surface area contributed by atoms with Gasteiger partial charge in [-0.1, -0.05) is 32.6 Å². The summed E-state index contributed by atoms with van der Waals surface area (Å²) in [4.78, 5) is 22.2. The van der Waals surface area contributed by atoms with Gasteiger partial charge in [0, 0.05) is 12.1 Å². The number of hydrogen-bond donors (Lipinski definition) is 1. The lowest BCUT2D eigenvalue weighted by atomic mass is 10.1. The summed E-state index contributed by atoms with van der Waals surface area (Å²) < 4.78 is 13.2. The van der Waals surface area contributed by atoms with E-state index in [1.807, 2.05) is 6.92 Å². The SMILES string of the molecule is CCCCCCC(C)NC(=O)c1cc(F)ccc1[N+](=O)[O-]. The van der Waals surface area contributed by atoms with Crippen LogP contribution in [0, 0.1) is 15.9 Å². The highest BCUT2D eigenvalue weighted by Gasteiger charge is 2.21. The molecule has 0 heterocycles. The fourth-order valence-electron chi connectivity index (χ4n) is 2.10. The zero-order valence-electron chi connectivity index (χ0n) is 12.4. The van der Waals surface area contributed by atoms with Crippen molar-refractivity contribution in [2.45, 2.75) is 52.0 Å². The number of nitrogens with one attached hydrogen (secondary N) is 1. The topological polar surface area (TPSA) is 72.2 Å². The van der Waals surface area contributed by atoms with Crippen LogP contribution in [0.25, 0.3) is 0 Å². The molecule has 0 aliphatic heterocycles. The summed E-state index contributed by atoms with van der Waals surface area (Å²) in [6.45, 7) is 3.96. The summed E-state index contributed by atoms with van der Waals surface area (Å²) in [5, 5.41) is 13.6. The Morgan fingerprint density at radius 2 is 2.10 bits per heavy atom. The first-order chi connectivity index (χ1) is 9.95. The lowest BCUT2D eigenvalue weighted by Crippen LogP contribution is -2.33. The van der Waals surface area contributed by atoms with Crippen molar-refractivity contribution in [2.75, 3.05) is 0 Å². The monoisotopic (exact) mass is 296 g/mol. The Labute approximate surface area is 123 Å². The molecule has 1 amide bonds. The van der Waals surface area contributed by atoms with Gasteiger partial charge in [-0.15, -0.1) is 0 Å². The van der Waals surface area contributed by atoms with Crippen molar-refractivity contribution in [3.8, 4) is 0 Å². The molecule has 21 heavy (non-hydrogen) atoms. The summed E-state index contributed by atoms with van der Waals surface area (Å²) >= 11 is 0. The summed E-state index contributed by atoms with van der Waals surface area (Å²) in [5.41, 5.74) is -0.618. The van der Waals surface area contributed by atoms with Gasteiger partial charge in [-0.3, -0.25) is 14.9 Å². The molecule has 0 spiro atoms. The van der Waals surface area contributed by atoms with Gasteiger partial charge >= 0.3 is 0 Å². The molecule has 1 rings (SSSR count). The molecule has 1 atom stereocenters. The third-order valence-electron chi connectivity index (χ3n) is 3.27. The van der Waals surface area contributed by atoms with Crippen molar-refractivity contribution in [1.29, 1.82) is 0 Å². The highest BCUT2D eigenvalue weighted by atomic mass is 19.1. The summed E-state index contributed by atoms with van der Waals surface area (Å²) in [6.07, 6.45) is 5.17. The number of nitro groups is 1. The molecule has 0 saturated carbocycles. The summed E-state index contributed by atoms with van der Waals surface area (Å²) in [7, 11) is 0. The molecule has 0 aliphatic carbocycles. The molecular weight excluding hydrogens is 275 g/mol. The van der Waals surface area contributed by atoms with Gasteiger partial charge < -0.3 is 5.32 Å². The molecule has 1 aromatic carbocycles. The third kappa shape index (κ3) is 5.49. The average Bonchev–Trinajstić information content (AvgIpc) is 2.43. The van der Waals surface area contributed by atoms with Crippen molar-refractivity contribution in [2.24, 2.45) is 0 Å². The van der Waals surface area contributed by atoms with E-state index in [9.17, 15) is 19.3 Å². The Hall–Kier alpha value is -1.98. The second-order valence-corrected chi connectivity index (χ2v) is 5.14. The van der Waals surface area contributed by atoms with Crippen LogP contribution in [0.3, 0.4) is 0 Å². The maximum atomic E-state index is 13.2. The van der Waals surface area contributed by atoms with E-state index in [-0.39, 0.29) is 17.3 Å². The smallest absolute Gasteiger partial charge is 0.282 e. The van der Waals surface area contributed by atoms with Crippen molar-refractivity contribution >= 4 is 11.6 Å². The zero-order chi connectivity index (χ0) is 15.8. The fraction of sp³-hybridized carbons (Fsp3) is 0.533. The number of benzene rings is 1. The number of nitrogens with zero attached hydrogens (tertiary/aromatic N) is 1. The van der Waals surface area contributed by atoms with E-state index >= 15 is 0 Å². The minimum absolute atomic E-state index is 0.0998. The summed E-state index contributed by atoms with van der Waals surface area (Å²) in [6, 6.07) is 2.79. The number of halogens is 1. The largest absolute Gasteiger partial charge is 0.349 e. The zero-order valence-corrected chi connectivity index (χ0v) is 12.4. The number of rotatable bonds is 8. The molecule has 0 aromatic heterocycles. The Bertz CT molecular complexity index is 506. The van der Waals surface area contributed by atoms with Gasteiger partial charge in [-0.25, -0.2) is 4.39 Å². The van der Waals surface area contributed by atoms with Crippen LogP contribution in [-0.2, 0) is 0 Å². The van der Waals surface area contributed by atoms with Crippen LogP contribution in [0.4, 0.5) is 10.1 Å². The Balaban J connectivity index is 2.66. The Morgan fingerprint density at radius 1 is 1.38 bits per heavy atom. The normalized spacial score (nSPS) is 12.0. The number of unbranched alkanes of at least 4 members (excludes halogenated alkanes) is 3. The third-order valence-corrected chi connectivity index (χ3v) is 3.27. The van der Waals surface area contributed by atoms with Gasteiger partial charge in [0.25, 0.3) is 11.6 Å². The number of carbonyl (C=O) groups excluding carboxylic acids is 1. The molecule has 116 valence electrons. The van der Waals surface area contributed by atoms with Crippen LogP contribution in [0.5, 0.6) is 0 Å². The molecule has 6 heteroatoms. The highest BCUT2D eigenvalue weighted by molar-refractivity contribution is 5.98. The van der Waals surface area contributed by atoms with Crippen LogP contribution in [-0.4, -0.2) is 16.9 Å². The number of carbonyl (C=O) groups is 1. The van der Waals surface area contributed by atoms with Gasteiger partial charge in [0.1, 0.15) is 11.4 Å². The predicted molar refractivity (Wildman–Crippen MR) is 78.7 cm³/mol. The van der Waals surface area contributed by atoms with Crippen LogP contribution < -0.4 is 5.32 Å². The second-order valence-electron chi connectivity index (χ2n) is 5.14. The summed E-state index contributed by atoms with van der Waals surface area (Å²) in [5.74, 6) is -1.27. The van der Waals surface area contributed by atoms with Gasteiger partial charge in [0.2, 0.25) is 0 Å². The Morgan fingerprint density at radius 3 is 2.71 bits per heavy atom.